The highest BCUT2D eigenvalue weighted by Gasteiger charge is 2.25. The maximum atomic E-state index is 11.7. The number of piperazine rings is 1. The predicted molar refractivity (Wildman–Crippen MR) is 91.3 cm³/mol. The molecule has 0 unspecified atom stereocenters. The molecule has 0 amide bonds. The highest BCUT2D eigenvalue weighted by molar-refractivity contribution is 7.88. The Hall–Kier alpha value is -2.12. The van der Waals surface area contributed by atoms with Gasteiger partial charge in [-0.05, 0) is 24.3 Å². The summed E-state index contributed by atoms with van der Waals surface area (Å²) >= 11 is 0. The molecule has 2 aromatic heterocycles. The van der Waals surface area contributed by atoms with E-state index in [1.165, 1.54) is 10.6 Å². The zero-order valence-corrected chi connectivity index (χ0v) is 13.7. The van der Waals surface area contributed by atoms with Crippen molar-refractivity contribution in [3.8, 4) is 0 Å². The van der Waals surface area contributed by atoms with Crippen molar-refractivity contribution in [2.24, 2.45) is 0 Å². The number of fused-ring (bicyclic) bond motifs is 3. The van der Waals surface area contributed by atoms with E-state index in [0.29, 0.717) is 26.2 Å². The Labute approximate surface area is 135 Å². The second-order valence-corrected chi connectivity index (χ2v) is 7.82. The number of para-hydroxylation sites is 2. The normalized spacial score (nSPS) is 17.2. The lowest BCUT2D eigenvalue weighted by Crippen LogP contribution is -2.48. The van der Waals surface area contributed by atoms with Gasteiger partial charge in [0.05, 0.1) is 22.8 Å². The topological polar surface area (TPSA) is 57.9 Å². The van der Waals surface area contributed by atoms with Crippen LogP contribution in [0.1, 0.15) is 0 Å². The zero-order chi connectivity index (χ0) is 16.0. The van der Waals surface area contributed by atoms with Crippen molar-refractivity contribution in [1.82, 2.24) is 13.7 Å². The quantitative estimate of drug-likeness (QED) is 0.716. The molecular formula is C16H18N4O2S. The van der Waals surface area contributed by atoms with Crippen molar-refractivity contribution < 1.29 is 8.42 Å². The van der Waals surface area contributed by atoms with Crippen LogP contribution in [-0.4, -0.2) is 54.5 Å². The van der Waals surface area contributed by atoms with Crippen LogP contribution >= 0.6 is 0 Å². The number of sulfonamides is 1. The van der Waals surface area contributed by atoms with Crippen LogP contribution in [0.3, 0.4) is 0 Å². The Morgan fingerprint density at radius 3 is 2.39 bits per heavy atom. The number of hydrogen-bond acceptors (Lipinski definition) is 4. The molecule has 0 saturated carbocycles. The molecule has 1 aliphatic rings. The first-order valence-electron chi connectivity index (χ1n) is 7.60. The van der Waals surface area contributed by atoms with Gasteiger partial charge in [0.15, 0.2) is 5.82 Å². The summed E-state index contributed by atoms with van der Waals surface area (Å²) in [7, 11) is -3.12. The monoisotopic (exact) mass is 330 g/mol. The third kappa shape index (κ3) is 2.46. The average Bonchev–Trinajstić information content (AvgIpc) is 3.03. The van der Waals surface area contributed by atoms with Gasteiger partial charge in [-0.15, -0.1) is 0 Å². The largest absolute Gasteiger partial charge is 0.352 e. The van der Waals surface area contributed by atoms with Crippen LogP contribution in [0.4, 0.5) is 5.82 Å². The summed E-state index contributed by atoms with van der Waals surface area (Å²) in [6.07, 6.45) is 3.30. The Kier molecular flexibility index (Phi) is 3.28. The standard InChI is InChI=1S/C16H18N4O2S/c1-23(21,22)19-11-9-18(10-12-19)16-15-7-4-8-20(15)14-6-3-2-5-13(14)17-16/h2-8H,9-12H2,1H3. The third-order valence-corrected chi connectivity index (χ3v) is 5.66. The minimum Gasteiger partial charge on any atom is -0.352 e. The maximum Gasteiger partial charge on any atom is 0.211 e. The lowest BCUT2D eigenvalue weighted by molar-refractivity contribution is 0.387. The van der Waals surface area contributed by atoms with Gasteiger partial charge in [0, 0.05) is 32.4 Å². The third-order valence-electron chi connectivity index (χ3n) is 4.35. The second-order valence-electron chi connectivity index (χ2n) is 5.84. The molecule has 120 valence electrons. The van der Waals surface area contributed by atoms with E-state index in [1.54, 1.807) is 0 Å². The number of anilines is 1. The summed E-state index contributed by atoms with van der Waals surface area (Å²) in [5, 5.41) is 0. The number of aromatic nitrogens is 2. The molecule has 1 fully saturated rings. The molecule has 0 bridgehead atoms. The molecule has 6 nitrogen and oxygen atoms in total. The van der Waals surface area contributed by atoms with Crippen molar-refractivity contribution >= 4 is 32.4 Å². The highest BCUT2D eigenvalue weighted by Crippen LogP contribution is 2.26. The SMILES string of the molecule is CS(=O)(=O)N1CCN(c2nc3ccccc3n3cccc23)CC1. The zero-order valence-electron chi connectivity index (χ0n) is 12.9. The average molecular weight is 330 g/mol. The highest BCUT2D eigenvalue weighted by atomic mass is 32.2. The van der Waals surface area contributed by atoms with Gasteiger partial charge in [-0.2, -0.15) is 4.31 Å². The van der Waals surface area contributed by atoms with Gasteiger partial charge in [-0.3, -0.25) is 0 Å². The van der Waals surface area contributed by atoms with Crippen molar-refractivity contribution in [3.63, 3.8) is 0 Å². The van der Waals surface area contributed by atoms with Gasteiger partial charge in [0.25, 0.3) is 0 Å². The predicted octanol–water partition coefficient (Wildman–Crippen LogP) is 1.57. The van der Waals surface area contributed by atoms with E-state index in [0.717, 1.165) is 22.4 Å². The van der Waals surface area contributed by atoms with Gasteiger partial charge in [0.1, 0.15) is 0 Å². The molecule has 0 atom stereocenters. The molecule has 1 aliphatic heterocycles. The van der Waals surface area contributed by atoms with E-state index in [2.05, 4.69) is 21.4 Å². The van der Waals surface area contributed by atoms with E-state index >= 15 is 0 Å². The van der Waals surface area contributed by atoms with Gasteiger partial charge in [-0.25, -0.2) is 13.4 Å². The van der Waals surface area contributed by atoms with Crippen LogP contribution < -0.4 is 4.90 Å². The fraction of sp³-hybridized carbons (Fsp3) is 0.312. The minimum atomic E-state index is -3.12. The second kappa shape index (κ2) is 5.21. The number of benzene rings is 1. The van der Waals surface area contributed by atoms with Crippen LogP contribution in [0.25, 0.3) is 16.6 Å². The first kappa shape index (κ1) is 14.5. The maximum absolute atomic E-state index is 11.7. The summed E-state index contributed by atoms with van der Waals surface area (Å²) in [6, 6.07) is 12.1. The molecular weight excluding hydrogens is 312 g/mol. The number of rotatable bonds is 2. The first-order chi connectivity index (χ1) is 11.0. The van der Waals surface area contributed by atoms with Gasteiger partial charge in [0.2, 0.25) is 10.0 Å². The van der Waals surface area contributed by atoms with Crippen molar-refractivity contribution in [3.05, 3.63) is 42.6 Å². The fourth-order valence-corrected chi connectivity index (χ4v) is 4.00. The molecule has 4 rings (SSSR count). The van der Waals surface area contributed by atoms with Crippen LogP contribution in [0, 0.1) is 0 Å². The molecule has 1 aromatic carbocycles. The Bertz CT molecular complexity index is 972. The summed E-state index contributed by atoms with van der Waals surface area (Å²) in [5.74, 6) is 0.918. The van der Waals surface area contributed by atoms with E-state index < -0.39 is 10.0 Å². The Morgan fingerprint density at radius 2 is 1.65 bits per heavy atom. The molecule has 23 heavy (non-hydrogen) atoms. The number of hydrogen-bond donors (Lipinski definition) is 0. The van der Waals surface area contributed by atoms with Crippen molar-refractivity contribution in [2.45, 2.75) is 0 Å². The van der Waals surface area contributed by atoms with Crippen molar-refractivity contribution in [1.29, 1.82) is 0 Å². The van der Waals surface area contributed by atoms with Crippen LogP contribution in [-0.2, 0) is 10.0 Å². The molecule has 3 aromatic rings. The molecule has 0 N–H and O–H groups in total. The van der Waals surface area contributed by atoms with E-state index in [4.69, 9.17) is 4.98 Å². The Balaban J connectivity index is 1.75. The van der Waals surface area contributed by atoms with E-state index in [1.807, 2.05) is 30.5 Å². The van der Waals surface area contributed by atoms with Crippen LogP contribution in [0.5, 0.6) is 0 Å². The molecule has 1 saturated heterocycles. The fourth-order valence-electron chi connectivity index (χ4n) is 3.17. The summed E-state index contributed by atoms with van der Waals surface area (Å²) < 4.78 is 27.0. The summed E-state index contributed by atoms with van der Waals surface area (Å²) in [6.45, 7) is 2.30. The minimum absolute atomic E-state index is 0.500. The molecule has 0 spiro atoms. The van der Waals surface area contributed by atoms with Gasteiger partial charge >= 0.3 is 0 Å². The lowest BCUT2D eigenvalue weighted by Gasteiger charge is -2.34. The van der Waals surface area contributed by atoms with Crippen LogP contribution in [0.2, 0.25) is 0 Å². The van der Waals surface area contributed by atoms with E-state index in [9.17, 15) is 8.42 Å². The summed E-state index contributed by atoms with van der Waals surface area (Å²) in [5.41, 5.74) is 3.07. The summed E-state index contributed by atoms with van der Waals surface area (Å²) in [4.78, 5) is 6.99. The molecule has 0 aliphatic carbocycles. The van der Waals surface area contributed by atoms with E-state index in [-0.39, 0.29) is 0 Å². The smallest absolute Gasteiger partial charge is 0.211 e. The molecule has 3 heterocycles. The molecule has 7 heteroatoms. The lowest BCUT2D eigenvalue weighted by atomic mass is 10.2. The Morgan fingerprint density at radius 1 is 0.957 bits per heavy atom. The first-order valence-corrected chi connectivity index (χ1v) is 9.45. The van der Waals surface area contributed by atoms with Crippen LogP contribution in [0.15, 0.2) is 42.6 Å². The van der Waals surface area contributed by atoms with Gasteiger partial charge in [-0.1, -0.05) is 12.1 Å². The number of nitrogens with zero attached hydrogens (tertiary/aromatic N) is 4. The molecule has 0 radical (unpaired) electrons. The van der Waals surface area contributed by atoms with Gasteiger partial charge < -0.3 is 9.30 Å². The van der Waals surface area contributed by atoms with Crippen molar-refractivity contribution in [2.75, 3.05) is 37.3 Å².